The number of imidazole rings is 1. The summed E-state index contributed by atoms with van der Waals surface area (Å²) in [5, 5.41) is 11.5. The van der Waals surface area contributed by atoms with Crippen LogP contribution in [0, 0.1) is 0 Å². The fourth-order valence-corrected chi connectivity index (χ4v) is 1.33. The molecule has 0 amide bonds. The summed E-state index contributed by atoms with van der Waals surface area (Å²) in [7, 11) is 0. The number of hydrogen-bond acceptors (Lipinski definition) is 5. The third-order valence-corrected chi connectivity index (χ3v) is 2.21. The van der Waals surface area contributed by atoms with E-state index in [4.69, 9.17) is 10.9 Å². The molecule has 2 aromatic heterocycles. The zero-order chi connectivity index (χ0) is 11.5. The van der Waals surface area contributed by atoms with E-state index < -0.39 is 0 Å². The van der Waals surface area contributed by atoms with Gasteiger partial charge in [-0.1, -0.05) is 5.16 Å². The van der Waals surface area contributed by atoms with Gasteiger partial charge in [-0.25, -0.2) is 15.0 Å². The van der Waals surface area contributed by atoms with Gasteiger partial charge in [-0.3, -0.25) is 4.57 Å². The minimum atomic E-state index is -0.100. The van der Waals surface area contributed by atoms with Gasteiger partial charge in [-0.2, -0.15) is 0 Å². The van der Waals surface area contributed by atoms with Crippen LogP contribution in [-0.2, 0) is 0 Å². The lowest BCUT2D eigenvalue weighted by Crippen LogP contribution is -2.19. The van der Waals surface area contributed by atoms with Crippen LogP contribution in [0.15, 0.2) is 34.4 Å². The highest BCUT2D eigenvalue weighted by atomic mass is 79.9. The van der Waals surface area contributed by atoms with Crippen molar-refractivity contribution in [3.63, 3.8) is 0 Å². The van der Waals surface area contributed by atoms with Crippen molar-refractivity contribution in [1.82, 2.24) is 19.5 Å². The Morgan fingerprint density at radius 1 is 1.38 bits per heavy atom. The maximum atomic E-state index is 8.58. The summed E-state index contributed by atoms with van der Waals surface area (Å²) in [6, 6.07) is 0. The molecule has 3 N–H and O–H groups in total. The van der Waals surface area contributed by atoms with Crippen LogP contribution in [0.2, 0.25) is 0 Å². The molecule has 0 saturated heterocycles. The van der Waals surface area contributed by atoms with Crippen LogP contribution >= 0.6 is 15.9 Å². The Morgan fingerprint density at radius 2 is 2.06 bits per heavy atom. The smallest absolute Gasteiger partial charge is 0.235 e. The fourth-order valence-electron chi connectivity index (χ4n) is 1.13. The number of aromatic nitrogens is 4. The first-order chi connectivity index (χ1) is 7.72. The second-order valence-electron chi connectivity index (χ2n) is 2.81. The van der Waals surface area contributed by atoms with Crippen LogP contribution in [0.3, 0.4) is 0 Å². The standard InChI is InChI=1S/C8H7BrN6O/c9-5-3-12-8(13-4-5)15-2-1-11-7(15)6(10)14-16/h1-4,16H,(H2,10,14). The Bertz CT molecular complexity index is 520. The van der Waals surface area contributed by atoms with Gasteiger partial charge in [0.2, 0.25) is 11.8 Å². The van der Waals surface area contributed by atoms with E-state index in [0.717, 1.165) is 4.47 Å². The molecule has 16 heavy (non-hydrogen) atoms. The fraction of sp³-hybridized carbons (Fsp3) is 0. The lowest BCUT2D eigenvalue weighted by molar-refractivity contribution is 0.318. The number of halogens is 1. The molecule has 0 aliphatic heterocycles. The molecule has 0 aliphatic carbocycles. The Morgan fingerprint density at radius 3 is 2.69 bits per heavy atom. The second kappa shape index (κ2) is 4.27. The molecule has 0 atom stereocenters. The van der Waals surface area contributed by atoms with Crippen LogP contribution in [0.25, 0.3) is 5.95 Å². The zero-order valence-electron chi connectivity index (χ0n) is 7.95. The van der Waals surface area contributed by atoms with Gasteiger partial charge in [0, 0.05) is 24.8 Å². The highest BCUT2D eigenvalue weighted by Gasteiger charge is 2.10. The molecule has 2 heterocycles. The van der Waals surface area contributed by atoms with Crippen molar-refractivity contribution in [2.24, 2.45) is 10.9 Å². The summed E-state index contributed by atoms with van der Waals surface area (Å²) in [5.41, 5.74) is 5.46. The maximum Gasteiger partial charge on any atom is 0.235 e. The molecule has 8 heteroatoms. The summed E-state index contributed by atoms with van der Waals surface area (Å²) >= 11 is 3.23. The molecule has 2 aromatic rings. The van der Waals surface area contributed by atoms with Crippen LogP contribution in [0.4, 0.5) is 0 Å². The van der Waals surface area contributed by atoms with Gasteiger partial charge >= 0.3 is 0 Å². The first-order valence-corrected chi connectivity index (χ1v) is 5.01. The quantitative estimate of drug-likeness (QED) is 0.362. The predicted octanol–water partition coefficient (Wildman–Crippen LogP) is 0.519. The molecule has 2 rings (SSSR count). The molecule has 7 nitrogen and oxygen atoms in total. The first-order valence-electron chi connectivity index (χ1n) is 4.21. The van der Waals surface area contributed by atoms with Gasteiger partial charge in [0.15, 0.2) is 5.82 Å². The average Bonchev–Trinajstić information content (AvgIpc) is 2.78. The summed E-state index contributed by atoms with van der Waals surface area (Å²) < 4.78 is 2.28. The Kier molecular flexibility index (Phi) is 2.82. The van der Waals surface area contributed by atoms with Gasteiger partial charge in [0.05, 0.1) is 4.47 Å². The van der Waals surface area contributed by atoms with Crippen molar-refractivity contribution in [2.75, 3.05) is 0 Å². The Balaban J connectivity index is 2.49. The van der Waals surface area contributed by atoms with Crippen LogP contribution in [0.1, 0.15) is 5.82 Å². The van der Waals surface area contributed by atoms with Crippen molar-refractivity contribution >= 4 is 21.8 Å². The van der Waals surface area contributed by atoms with Gasteiger partial charge in [0.1, 0.15) is 0 Å². The van der Waals surface area contributed by atoms with E-state index in [2.05, 4.69) is 36.0 Å². The minimum absolute atomic E-state index is 0.100. The predicted molar refractivity (Wildman–Crippen MR) is 59.4 cm³/mol. The maximum absolute atomic E-state index is 8.58. The SMILES string of the molecule is NC(=NO)c1nccn1-c1ncc(Br)cn1. The molecule has 0 aromatic carbocycles. The van der Waals surface area contributed by atoms with Crippen LogP contribution in [0.5, 0.6) is 0 Å². The van der Waals surface area contributed by atoms with Crippen molar-refractivity contribution < 1.29 is 5.21 Å². The molecule has 0 saturated carbocycles. The van der Waals surface area contributed by atoms with E-state index in [9.17, 15) is 0 Å². The molecule has 0 bridgehead atoms. The highest BCUT2D eigenvalue weighted by Crippen LogP contribution is 2.09. The molecular formula is C8H7BrN6O. The van der Waals surface area contributed by atoms with Crippen molar-refractivity contribution in [2.45, 2.75) is 0 Å². The monoisotopic (exact) mass is 282 g/mol. The molecule has 0 fully saturated rings. The molecule has 82 valence electrons. The number of hydrogen-bond donors (Lipinski definition) is 2. The van der Waals surface area contributed by atoms with Crippen molar-refractivity contribution in [3.05, 3.63) is 35.1 Å². The first kappa shape index (κ1) is 10.6. The zero-order valence-corrected chi connectivity index (χ0v) is 9.53. The van der Waals surface area contributed by atoms with Crippen LogP contribution < -0.4 is 5.73 Å². The lowest BCUT2D eigenvalue weighted by Gasteiger charge is -2.03. The van der Waals surface area contributed by atoms with E-state index in [1.165, 1.54) is 10.8 Å². The molecule has 0 unspecified atom stereocenters. The summed E-state index contributed by atoms with van der Waals surface area (Å²) in [6.07, 6.45) is 6.33. The lowest BCUT2D eigenvalue weighted by atomic mass is 10.5. The van der Waals surface area contributed by atoms with E-state index in [-0.39, 0.29) is 11.7 Å². The van der Waals surface area contributed by atoms with E-state index in [1.54, 1.807) is 18.6 Å². The number of oxime groups is 1. The minimum Gasteiger partial charge on any atom is -0.409 e. The number of nitrogens with zero attached hydrogens (tertiary/aromatic N) is 5. The van der Waals surface area contributed by atoms with Crippen molar-refractivity contribution in [1.29, 1.82) is 0 Å². The third kappa shape index (κ3) is 1.87. The molecule has 0 aliphatic rings. The Hall–Kier alpha value is -1.96. The van der Waals surface area contributed by atoms with Gasteiger partial charge in [-0.15, -0.1) is 0 Å². The summed E-state index contributed by atoms with van der Waals surface area (Å²) in [4.78, 5) is 12.1. The highest BCUT2D eigenvalue weighted by molar-refractivity contribution is 9.10. The summed E-state index contributed by atoms with van der Waals surface area (Å²) in [5.74, 6) is 0.573. The number of amidine groups is 1. The van der Waals surface area contributed by atoms with Gasteiger partial charge in [0.25, 0.3) is 0 Å². The van der Waals surface area contributed by atoms with Gasteiger partial charge < -0.3 is 10.9 Å². The second-order valence-corrected chi connectivity index (χ2v) is 3.72. The van der Waals surface area contributed by atoms with E-state index in [0.29, 0.717) is 5.95 Å². The molecule has 0 radical (unpaired) electrons. The average molecular weight is 283 g/mol. The van der Waals surface area contributed by atoms with Gasteiger partial charge in [-0.05, 0) is 15.9 Å². The summed E-state index contributed by atoms with van der Waals surface area (Å²) in [6.45, 7) is 0. The normalized spacial score (nSPS) is 11.7. The molecular weight excluding hydrogens is 276 g/mol. The third-order valence-electron chi connectivity index (χ3n) is 1.80. The van der Waals surface area contributed by atoms with E-state index in [1.807, 2.05) is 0 Å². The largest absolute Gasteiger partial charge is 0.409 e. The topological polar surface area (TPSA) is 102 Å². The Labute approximate surface area is 98.8 Å². The van der Waals surface area contributed by atoms with Crippen LogP contribution in [-0.4, -0.2) is 30.6 Å². The number of rotatable bonds is 2. The van der Waals surface area contributed by atoms with Crippen molar-refractivity contribution in [3.8, 4) is 5.95 Å². The molecule has 0 spiro atoms. The van der Waals surface area contributed by atoms with E-state index >= 15 is 0 Å². The number of nitrogens with two attached hydrogens (primary N) is 1.